The smallest absolute Gasteiger partial charge is 0.135 e. The third-order valence-electron chi connectivity index (χ3n) is 12.9. The second kappa shape index (κ2) is 17.8. The first-order valence-electron chi connectivity index (χ1n) is 22.9. The molecule has 1 aliphatic rings. The normalized spacial score (nSPS) is 13.2. The molecule has 0 radical (unpaired) electrons. The van der Waals surface area contributed by atoms with Gasteiger partial charge in [-0.25, -0.2) is 4.98 Å². The van der Waals surface area contributed by atoms with Crippen molar-refractivity contribution in [3.63, 3.8) is 0 Å². The summed E-state index contributed by atoms with van der Waals surface area (Å²) in [6.45, 7) is 20.4. The Bertz CT molecular complexity index is 3250. The number of rotatable bonds is 9. The minimum absolute atomic E-state index is 0. The molecule has 0 fully saturated rings. The number of hydrogen-bond acceptors (Lipinski definition) is 4. The second-order valence-corrected chi connectivity index (χ2v) is 20.0. The number of para-hydroxylation sites is 1. The molecule has 3 heterocycles. The summed E-state index contributed by atoms with van der Waals surface area (Å²) >= 11 is 0. The molecule has 0 N–H and O–H groups in total. The third-order valence-corrected chi connectivity index (χ3v) is 12.9. The zero-order valence-corrected chi connectivity index (χ0v) is 41.7. The molecule has 0 saturated heterocycles. The van der Waals surface area contributed by atoms with Gasteiger partial charge in [-0.1, -0.05) is 176 Å². The van der Waals surface area contributed by atoms with E-state index < -0.39 is 0 Å². The molecule has 9 aromatic rings. The van der Waals surface area contributed by atoms with E-state index in [1.54, 1.807) is 0 Å². The van der Waals surface area contributed by atoms with E-state index in [4.69, 9.17) is 9.72 Å². The summed E-state index contributed by atoms with van der Waals surface area (Å²) in [5.41, 5.74) is 12.8. The number of benzene rings is 7. The average molecular weight is 1060 g/mol. The summed E-state index contributed by atoms with van der Waals surface area (Å²) in [6, 6.07) is 67.5. The fourth-order valence-corrected chi connectivity index (χ4v) is 8.95. The van der Waals surface area contributed by atoms with Crippen molar-refractivity contribution in [1.29, 1.82) is 0 Å². The Balaban J connectivity index is 0.00000562. The van der Waals surface area contributed by atoms with Crippen molar-refractivity contribution in [2.75, 3.05) is 9.80 Å². The van der Waals surface area contributed by atoms with Gasteiger partial charge < -0.3 is 19.1 Å². The van der Waals surface area contributed by atoms with Crippen LogP contribution < -0.4 is 14.5 Å². The van der Waals surface area contributed by atoms with Gasteiger partial charge in [-0.05, 0) is 86.1 Å². The molecule has 67 heavy (non-hydrogen) atoms. The second-order valence-electron chi connectivity index (χ2n) is 20.0. The summed E-state index contributed by atoms with van der Waals surface area (Å²) in [6.07, 6.45) is 4.14. The van der Waals surface area contributed by atoms with Crippen molar-refractivity contribution < 1.29 is 25.8 Å². The Kier molecular flexibility index (Phi) is 12.1. The van der Waals surface area contributed by atoms with E-state index in [-0.39, 0.29) is 37.3 Å². The van der Waals surface area contributed by atoms with Gasteiger partial charge in [0.15, 0.2) is 0 Å². The molecule has 338 valence electrons. The van der Waals surface area contributed by atoms with Gasteiger partial charge in [0.25, 0.3) is 0 Å². The fourth-order valence-electron chi connectivity index (χ4n) is 8.95. The first-order valence-corrected chi connectivity index (χ1v) is 22.9. The molecular weight excluding hydrogens is 1000 g/mol. The minimum Gasteiger partial charge on any atom is -0.509 e. The van der Waals surface area contributed by atoms with Gasteiger partial charge in [-0.2, -0.15) is 6.07 Å². The van der Waals surface area contributed by atoms with E-state index in [0.717, 1.165) is 61.4 Å². The summed E-state index contributed by atoms with van der Waals surface area (Å²) in [7, 11) is 0. The van der Waals surface area contributed by atoms with Crippen LogP contribution >= 0.6 is 0 Å². The maximum absolute atomic E-state index is 6.90. The third kappa shape index (κ3) is 8.98. The van der Waals surface area contributed by atoms with Crippen molar-refractivity contribution in [1.82, 2.24) is 9.55 Å². The van der Waals surface area contributed by atoms with Crippen molar-refractivity contribution in [2.24, 2.45) is 0 Å². The zero-order valence-electron chi connectivity index (χ0n) is 39.4. The Morgan fingerprint density at radius 3 is 1.87 bits per heavy atom. The summed E-state index contributed by atoms with van der Waals surface area (Å²) in [4.78, 5) is 9.39. The maximum Gasteiger partial charge on any atom is 0.135 e. The Hall–Kier alpha value is -6.68. The number of nitrogens with zero attached hydrogens (tertiary/aromatic N) is 4. The van der Waals surface area contributed by atoms with Crippen LogP contribution in [-0.2, 0) is 37.3 Å². The first-order chi connectivity index (χ1) is 31.7. The Labute approximate surface area is 410 Å². The van der Waals surface area contributed by atoms with Crippen LogP contribution in [0.4, 0.5) is 11.4 Å². The summed E-state index contributed by atoms with van der Waals surface area (Å²) < 4.78 is 9.10. The predicted octanol–water partition coefficient (Wildman–Crippen LogP) is 15.6. The van der Waals surface area contributed by atoms with Crippen LogP contribution in [0.2, 0.25) is 0 Å². The number of pyridine rings is 1. The molecule has 0 saturated carbocycles. The molecule has 0 aliphatic carbocycles. The maximum atomic E-state index is 6.90. The van der Waals surface area contributed by atoms with Gasteiger partial charge in [0.05, 0.1) is 0 Å². The number of fused-ring (bicyclic) bond motifs is 3. The molecule has 2 aromatic heterocycles. The molecule has 0 unspecified atom stereocenters. The summed E-state index contributed by atoms with van der Waals surface area (Å²) in [5, 5.41) is 2.22. The van der Waals surface area contributed by atoms with Crippen LogP contribution in [0.1, 0.15) is 83.2 Å². The molecular formula is C61H55N4OPt-3. The van der Waals surface area contributed by atoms with Crippen LogP contribution in [-0.4, -0.2) is 9.55 Å². The van der Waals surface area contributed by atoms with Crippen LogP contribution in [0.3, 0.4) is 0 Å². The van der Waals surface area contributed by atoms with Gasteiger partial charge >= 0.3 is 0 Å². The van der Waals surface area contributed by atoms with E-state index in [1.165, 1.54) is 22.3 Å². The average Bonchev–Trinajstić information content (AvgIpc) is 3.92. The molecule has 7 aromatic carbocycles. The van der Waals surface area contributed by atoms with Crippen molar-refractivity contribution >= 4 is 38.9 Å². The number of anilines is 2. The van der Waals surface area contributed by atoms with E-state index in [1.807, 2.05) is 18.3 Å². The quantitative estimate of drug-likeness (QED) is 0.135. The monoisotopic (exact) mass is 1050 g/mol. The molecule has 6 heteroatoms. The standard InChI is InChI=1S/C61H55N4O.Pt/c1-59(2,3)46-30-31-62-58(37-46)65-55-27-19-18-26-53(55)54-29-28-51(39-56(54)65)66-52-33-44(42-20-12-9-13-21-42)32-50(38-52)64-41-63(40-57(64)43-22-14-10-15-23-43)49-35-47(60(4,5)6)34-48(36-49)61(7,8)45-24-16-11-17-25-45;/h9-37,40-41H,1-8H3;/q-3;. The molecule has 0 atom stereocenters. The van der Waals surface area contributed by atoms with Gasteiger partial charge in [0.1, 0.15) is 5.82 Å². The first kappa shape index (κ1) is 45.5. The van der Waals surface area contributed by atoms with E-state index in [2.05, 4.69) is 252 Å². The Morgan fingerprint density at radius 2 is 1.16 bits per heavy atom. The van der Waals surface area contributed by atoms with Gasteiger partial charge in [0, 0.05) is 61.1 Å². The topological polar surface area (TPSA) is 33.5 Å². The number of aromatic nitrogens is 2. The SMILES string of the molecule is CC(C)(C)c1cc(N2C=C(c3ccccc3)N(c3[c-]c(Oc4[c-]c5c(cc4)c4ccccc4n5-c4cc(C(C)(C)C)ccn4)cc(-c4ccccc4)c3)[CH-]2)cc(C(C)(C)c2ccccc2)c1.[Pt]. The van der Waals surface area contributed by atoms with Crippen molar-refractivity contribution in [3.8, 4) is 28.4 Å². The van der Waals surface area contributed by atoms with E-state index in [0.29, 0.717) is 11.5 Å². The van der Waals surface area contributed by atoms with Crippen LogP contribution in [0, 0.1) is 18.8 Å². The molecule has 1 aliphatic heterocycles. The largest absolute Gasteiger partial charge is 0.509 e. The zero-order chi connectivity index (χ0) is 45.8. The van der Waals surface area contributed by atoms with Crippen molar-refractivity contribution in [2.45, 2.75) is 71.6 Å². The molecule has 0 amide bonds. The number of hydrogen-bond donors (Lipinski definition) is 0. The van der Waals surface area contributed by atoms with Crippen LogP contribution in [0.25, 0.3) is 44.4 Å². The van der Waals surface area contributed by atoms with Crippen molar-refractivity contribution in [3.05, 3.63) is 229 Å². The van der Waals surface area contributed by atoms with Gasteiger partial charge in [-0.15, -0.1) is 53.6 Å². The molecule has 5 nitrogen and oxygen atoms in total. The van der Waals surface area contributed by atoms with Crippen LogP contribution in [0.5, 0.6) is 11.5 Å². The number of ether oxygens (including phenoxy) is 1. The van der Waals surface area contributed by atoms with E-state index in [9.17, 15) is 0 Å². The minimum atomic E-state index is -0.228. The van der Waals surface area contributed by atoms with Crippen LogP contribution in [0.15, 0.2) is 182 Å². The molecule has 10 rings (SSSR count). The molecule has 0 bridgehead atoms. The fraction of sp³-hybridized carbons (Fsp3) is 0.180. The Morgan fingerprint density at radius 1 is 0.522 bits per heavy atom. The predicted molar refractivity (Wildman–Crippen MR) is 274 cm³/mol. The van der Waals surface area contributed by atoms with Gasteiger partial charge in [-0.3, -0.25) is 0 Å². The van der Waals surface area contributed by atoms with E-state index >= 15 is 0 Å². The molecule has 0 spiro atoms. The van der Waals surface area contributed by atoms with Gasteiger partial charge in [0.2, 0.25) is 0 Å². The summed E-state index contributed by atoms with van der Waals surface area (Å²) in [5.74, 6) is 2.02.